The Kier molecular flexibility index (Phi) is 4.40. The predicted molar refractivity (Wildman–Crippen MR) is 68.8 cm³/mol. The molecule has 1 aliphatic rings. The molecule has 1 unspecified atom stereocenters. The molecule has 3 heteroatoms. The van der Waals surface area contributed by atoms with Gasteiger partial charge in [0.15, 0.2) is 0 Å². The van der Waals surface area contributed by atoms with E-state index in [1.54, 1.807) is 7.11 Å². The number of rotatable bonds is 3. The van der Waals surface area contributed by atoms with E-state index < -0.39 is 0 Å². The molecule has 0 spiro atoms. The second-order valence-corrected chi connectivity index (χ2v) is 4.40. The van der Waals surface area contributed by atoms with Crippen LogP contribution in [0.3, 0.4) is 0 Å². The normalized spacial score (nSPS) is 20.9. The van der Waals surface area contributed by atoms with Gasteiger partial charge in [-0.3, -0.25) is 0 Å². The number of hydrogen-bond donors (Lipinski definition) is 1. The van der Waals surface area contributed by atoms with Gasteiger partial charge in [0.1, 0.15) is 5.75 Å². The minimum absolute atomic E-state index is 0.453. The van der Waals surface area contributed by atoms with Crippen LogP contribution in [0.4, 0.5) is 0 Å². The molecule has 0 aliphatic carbocycles. The standard InChI is InChI=1S/C14H21NO2/c1-3-11-8-12(4-5-14(11)16-2)13-9-15-6-7-17-10-13/h4-5,8,13,15H,3,6-7,9-10H2,1-2H3. The van der Waals surface area contributed by atoms with E-state index in [0.29, 0.717) is 5.92 Å². The van der Waals surface area contributed by atoms with E-state index in [9.17, 15) is 0 Å². The summed E-state index contributed by atoms with van der Waals surface area (Å²) in [5.41, 5.74) is 2.62. The average molecular weight is 235 g/mol. The van der Waals surface area contributed by atoms with E-state index >= 15 is 0 Å². The fourth-order valence-corrected chi connectivity index (χ4v) is 2.25. The Bertz CT molecular complexity index is 357. The number of ether oxygens (including phenoxy) is 2. The van der Waals surface area contributed by atoms with E-state index in [1.165, 1.54) is 11.1 Å². The van der Waals surface area contributed by atoms with Gasteiger partial charge in [0, 0.05) is 19.0 Å². The summed E-state index contributed by atoms with van der Waals surface area (Å²) in [4.78, 5) is 0. The van der Waals surface area contributed by atoms with Crippen molar-refractivity contribution in [2.45, 2.75) is 19.3 Å². The molecule has 0 amide bonds. The Balaban J connectivity index is 2.19. The molecule has 1 fully saturated rings. The van der Waals surface area contributed by atoms with E-state index in [4.69, 9.17) is 9.47 Å². The summed E-state index contributed by atoms with van der Waals surface area (Å²) >= 11 is 0. The van der Waals surface area contributed by atoms with Crippen LogP contribution in [0.2, 0.25) is 0 Å². The summed E-state index contributed by atoms with van der Waals surface area (Å²) in [5, 5.41) is 3.41. The van der Waals surface area contributed by atoms with Crippen molar-refractivity contribution in [1.82, 2.24) is 5.32 Å². The highest BCUT2D eigenvalue weighted by molar-refractivity contribution is 5.38. The second-order valence-electron chi connectivity index (χ2n) is 4.40. The van der Waals surface area contributed by atoms with Gasteiger partial charge in [-0.1, -0.05) is 19.1 Å². The van der Waals surface area contributed by atoms with Gasteiger partial charge in [0.25, 0.3) is 0 Å². The number of hydrogen-bond acceptors (Lipinski definition) is 3. The number of benzene rings is 1. The molecule has 1 N–H and O–H groups in total. The molecule has 2 rings (SSSR count). The van der Waals surface area contributed by atoms with Gasteiger partial charge in [-0.15, -0.1) is 0 Å². The number of nitrogens with one attached hydrogen (secondary N) is 1. The summed E-state index contributed by atoms with van der Waals surface area (Å²) in [6, 6.07) is 6.47. The lowest BCUT2D eigenvalue weighted by Gasteiger charge is -2.16. The third-order valence-electron chi connectivity index (χ3n) is 3.29. The summed E-state index contributed by atoms with van der Waals surface area (Å²) in [6.07, 6.45) is 0.998. The number of methoxy groups -OCH3 is 1. The minimum atomic E-state index is 0.453. The lowest BCUT2D eigenvalue weighted by molar-refractivity contribution is 0.141. The molecule has 1 aromatic carbocycles. The van der Waals surface area contributed by atoms with E-state index in [1.807, 2.05) is 0 Å². The van der Waals surface area contributed by atoms with Gasteiger partial charge < -0.3 is 14.8 Å². The van der Waals surface area contributed by atoms with Gasteiger partial charge in [0.2, 0.25) is 0 Å². The molecular weight excluding hydrogens is 214 g/mol. The van der Waals surface area contributed by atoms with E-state index in [-0.39, 0.29) is 0 Å². The Labute approximate surface area is 103 Å². The molecule has 0 aromatic heterocycles. The lowest BCUT2D eigenvalue weighted by Crippen LogP contribution is -2.21. The largest absolute Gasteiger partial charge is 0.496 e. The monoisotopic (exact) mass is 235 g/mol. The fourth-order valence-electron chi connectivity index (χ4n) is 2.25. The molecule has 0 radical (unpaired) electrons. The SMILES string of the molecule is CCc1cc(C2CNCCOC2)ccc1OC. The Morgan fingerprint density at radius 1 is 1.47 bits per heavy atom. The topological polar surface area (TPSA) is 30.5 Å². The van der Waals surface area contributed by atoms with Crippen LogP contribution in [0.5, 0.6) is 5.75 Å². The highest BCUT2D eigenvalue weighted by Gasteiger charge is 2.15. The van der Waals surface area contributed by atoms with Crippen molar-refractivity contribution in [3.63, 3.8) is 0 Å². The molecule has 0 bridgehead atoms. The predicted octanol–water partition coefficient (Wildman–Crippen LogP) is 1.96. The Morgan fingerprint density at radius 3 is 3.12 bits per heavy atom. The van der Waals surface area contributed by atoms with Gasteiger partial charge in [-0.05, 0) is 23.6 Å². The maximum atomic E-state index is 5.60. The molecule has 1 heterocycles. The Morgan fingerprint density at radius 2 is 2.35 bits per heavy atom. The maximum Gasteiger partial charge on any atom is 0.122 e. The molecule has 1 atom stereocenters. The van der Waals surface area contributed by atoms with Crippen LogP contribution in [-0.2, 0) is 11.2 Å². The summed E-state index contributed by atoms with van der Waals surface area (Å²) in [5.74, 6) is 1.44. The highest BCUT2D eigenvalue weighted by atomic mass is 16.5. The first-order chi connectivity index (χ1) is 8.35. The van der Waals surface area contributed by atoms with Crippen molar-refractivity contribution in [2.24, 2.45) is 0 Å². The summed E-state index contributed by atoms with van der Waals surface area (Å²) in [7, 11) is 1.73. The minimum Gasteiger partial charge on any atom is -0.496 e. The van der Waals surface area contributed by atoms with Crippen LogP contribution >= 0.6 is 0 Å². The molecule has 0 saturated carbocycles. The van der Waals surface area contributed by atoms with Crippen LogP contribution < -0.4 is 10.1 Å². The second kappa shape index (κ2) is 6.03. The molecule has 1 saturated heterocycles. The smallest absolute Gasteiger partial charge is 0.122 e. The molecule has 1 aliphatic heterocycles. The quantitative estimate of drug-likeness (QED) is 0.868. The van der Waals surface area contributed by atoms with Gasteiger partial charge in [-0.25, -0.2) is 0 Å². The van der Waals surface area contributed by atoms with Crippen LogP contribution in [0, 0.1) is 0 Å². The first-order valence-corrected chi connectivity index (χ1v) is 6.30. The number of aryl methyl sites for hydroxylation is 1. The molecular formula is C14H21NO2. The fraction of sp³-hybridized carbons (Fsp3) is 0.571. The summed E-state index contributed by atoms with van der Waals surface area (Å²) in [6.45, 7) is 5.72. The van der Waals surface area contributed by atoms with Gasteiger partial charge >= 0.3 is 0 Å². The average Bonchev–Trinajstić information content (AvgIpc) is 2.66. The van der Waals surface area contributed by atoms with Crippen LogP contribution in [0.15, 0.2) is 18.2 Å². The van der Waals surface area contributed by atoms with Crippen LogP contribution in [0.25, 0.3) is 0 Å². The third kappa shape index (κ3) is 2.99. The molecule has 94 valence electrons. The van der Waals surface area contributed by atoms with Crippen molar-refractivity contribution in [2.75, 3.05) is 33.4 Å². The van der Waals surface area contributed by atoms with Crippen LogP contribution in [-0.4, -0.2) is 33.4 Å². The first-order valence-electron chi connectivity index (χ1n) is 6.30. The Hall–Kier alpha value is -1.06. The van der Waals surface area contributed by atoms with Gasteiger partial charge in [-0.2, -0.15) is 0 Å². The maximum absolute atomic E-state index is 5.60. The van der Waals surface area contributed by atoms with Crippen molar-refractivity contribution in [3.8, 4) is 5.75 Å². The van der Waals surface area contributed by atoms with E-state index in [0.717, 1.165) is 38.5 Å². The molecule has 17 heavy (non-hydrogen) atoms. The van der Waals surface area contributed by atoms with Crippen molar-refractivity contribution < 1.29 is 9.47 Å². The van der Waals surface area contributed by atoms with Gasteiger partial charge in [0.05, 0.1) is 20.3 Å². The first kappa shape index (κ1) is 12.4. The summed E-state index contributed by atoms with van der Waals surface area (Å²) < 4.78 is 11.0. The highest BCUT2D eigenvalue weighted by Crippen LogP contribution is 2.25. The van der Waals surface area contributed by atoms with E-state index in [2.05, 4.69) is 30.4 Å². The van der Waals surface area contributed by atoms with Crippen LogP contribution in [0.1, 0.15) is 24.0 Å². The van der Waals surface area contributed by atoms with Crippen molar-refractivity contribution in [3.05, 3.63) is 29.3 Å². The van der Waals surface area contributed by atoms with Crippen molar-refractivity contribution >= 4 is 0 Å². The zero-order valence-electron chi connectivity index (χ0n) is 10.7. The zero-order valence-corrected chi connectivity index (χ0v) is 10.7. The molecule has 1 aromatic rings. The third-order valence-corrected chi connectivity index (χ3v) is 3.29. The van der Waals surface area contributed by atoms with Crippen molar-refractivity contribution in [1.29, 1.82) is 0 Å². The molecule has 3 nitrogen and oxygen atoms in total. The lowest BCUT2D eigenvalue weighted by atomic mass is 9.96. The zero-order chi connectivity index (χ0) is 12.1.